The van der Waals surface area contributed by atoms with E-state index in [-0.39, 0.29) is 0 Å². The predicted molar refractivity (Wildman–Crippen MR) is 68.3 cm³/mol. The molecule has 0 fully saturated rings. The van der Waals surface area contributed by atoms with E-state index < -0.39 is 0 Å². The third-order valence-electron chi connectivity index (χ3n) is 2.55. The van der Waals surface area contributed by atoms with Gasteiger partial charge in [-0.1, -0.05) is 5.16 Å². The molecule has 0 atom stereocenters. The average molecular weight is 246 g/mol. The summed E-state index contributed by atoms with van der Waals surface area (Å²) >= 11 is 1.62. The van der Waals surface area contributed by atoms with E-state index in [0.717, 1.165) is 20.7 Å². The summed E-state index contributed by atoms with van der Waals surface area (Å²) in [4.78, 5) is 0.975. The highest BCUT2D eigenvalue weighted by Crippen LogP contribution is 2.37. The Morgan fingerprint density at radius 2 is 2.24 bits per heavy atom. The van der Waals surface area contributed by atoms with Crippen molar-refractivity contribution >= 4 is 27.1 Å². The lowest BCUT2D eigenvalue weighted by molar-refractivity contribution is 0.415. The molecule has 0 spiro atoms. The Bertz CT molecular complexity index is 672. The highest BCUT2D eigenvalue weighted by Gasteiger charge is 2.11. The van der Waals surface area contributed by atoms with Gasteiger partial charge in [-0.3, -0.25) is 0 Å². The van der Waals surface area contributed by atoms with Gasteiger partial charge in [-0.2, -0.15) is 0 Å². The van der Waals surface area contributed by atoms with Crippen LogP contribution in [0.15, 0.2) is 35.0 Å². The fourth-order valence-electron chi connectivity index (χ4n) is 1.69. The highest BCUT2D eigenvalue weighted by molar-refractivity contribution is 7.22. The van der Waals surface area contributed by atoms with Gasteiger partial charge in [0.15, 0.2) is 5.76 Å². The van der Waals surface area contributed by atoms with Crippen LogP contribution in [0.25, 0.3) is 20.7 Å². The molecule has 0 saturated carbocycles. The van der Waals surface area contributed by atoms with E-state index in [0.29, 0.717) is 11.4 Å². The molecule has 2 aromatic heterocycles. The van der Waals surface area contributed by atoms with E-state index in [2.05, 4.69) is 5.16 Å². The summed E-state index contributed by atoms with van der Waals surface area (Å²) in [5.41, 5.74) is 6.34. The Morgan fingerprint density at radius 3 is 2.94 bits per heavy atom. The topological polar surface area (TPSA) is 61.3 Å². The van der Waals surface area contributed by atoms with E-state index >= 15 is 0 Å². The Kier molecular flexibility index (Phi) is 2.26. The van der Waals surface area contributed by atoms with Crippen molar-refractivity contribution in [1.82, 2.24) is 5.16 Å². The van der Waals surface area contributed by atoms with Crippen molar-refractivity contribution in [3.8, 4) is 16.4 Å². The zero-order valence-electron chi connectivity index (χ0n) is 9.14. The van der Waals surface area contributed by atoms with E-state index in [1.54, 1.807) is 18.4 Å². The van der Waals surface area contributed by atoms with Crippen LogP contribution in [-0.2, 0) is 0 Å². The van der Waals surface area contributed by atoms with Gasteiger partial charge in [-0.15, -0.1) is 11.3 Å². The fraction of sp³-hybridized carbons (Fsp3) is 0.0833. The average Bonchev–Trinajstić information content (AvgIpc) is 2.93. The summed E-state index contributed by atoms with van der Waals surface area (Å²) in [7, 11) is 1.66. The number of nitrogen functional groups attached to an aromatic ring is 1. The van der Waals surface area contributed by atoms with Crippen molar-refractivity contribution in [3.63, 3.8) is 0 Å². The maximum Gasteiger partial charge on any atom is 0.199 e. The third kappa shape index (κ3) is 1.64. The first-order chi connectivity index (χ1) is 8.28. The van der Waals surface area contributed by atoms with Crippen LogP contribution in [0.2, 0.25) is 0 Å². The Balaban J connectivity index is 2.17. The number of nitrogens with two attached hydrogens (primary N) is 1. The molecule has 2 heterocycles. The van der Waals surface area contributed by atoms with Crippen molar-refractivity contribution in [3.05, 3.63) is 30.5 Å². The van der Waals surface area contributed by atoms with Crippen LogP contribution in [0.3, 0.4) is 0 Å². The van der Waals surface area contributed by atoms with E-state index in [1.165, 1.54) is 6.20 Å². The predicted octanol–water partition coefficient (Wildman–Crippen LogP) is 3.15. The van der Waals surface area contributed by atoms with Gasteiger partial charge in [0.05, 0.1) is 18.2 Å². The lowest BCUT2D eigenvalue weighted by Gasteiger charge is -1.97. The van der Waals surface area contributed by atoms with Gasteiger partial charge in [0.2, 0.25) is 0 Å². The molecule has 1 aromatic carbocycles. The molecule has 0 unspecified atom stereocenters. The number of thiophene rings is 1. The number of methoxy groups -OCH3 is 1. The monoisotopic (exact) mass is 246 g/mol. The number of aromatic nitrogens is 1. The molecule has 17 heavy (non-hydrogen) atoms. The minimum Gasteiger partial charge on any atom is -0.497 e. The highest BCUT2D eigenvalue weighted by atomic mass is 32.1. The molecule has 0 amide bonds. The van der Waals surface area contributed by atoms with Gasteiger partial charge in [-0.05, 0) is 29.7 Å². The number of hydrogen-bond acceptors (Lipinski definition) is 5. The number of fused-ring (bicyclic) bond motifs is 1. The smallest absolute Gasteiger partial charge is 0.199 e. The van der Waals surface area contributed by atoms with Crippen LogP contribution in [0.5, 0.6) is 5.75 Å². The van der Waals surface area contributed by atoms with E-state index in [4.69, 9.17) is 15.0 Å². The van der Waals surface area contributed by atoms with Crippen molar-refractivity contribution < 1.29 is 9.26 Å². The molecule has 3 aromatic rings. The quantitative estimate of drug-likeness (QED) is 0.754. The van der Waals surface area contributed by atoms with Crippen LogP contribution in [0.4, 0.5) is 5.69 Å². The number of benzene rings is 1. The van der Waals surface area contributed by atoms with Crippen molar-refractivity contribution in [2.45, 2.75) is 0 Å². The third-order valence-corrected chi connectivity index (χ3v) is 3.66. The number of ether oxygens (including phenoxy) is 1. The number of nitrogens with zero attached hydrogens (tertiary/aromatic N) is 1. The molecule has 3 rings (SSSR count). The molecular weight excluding hydrogens is 236 g/mol. The first-order valence-corrected chi connectivity index (χ1v) is 5.87. The normalized spacial score (nSPS) is 10.9. The summed E-state index contributed by atoms with van der Waals surface area (Å²) in [6.45, 7) is 0. The van der Waals surface area contributed by atoms with Crippen molar-refractivity contribution in [2.24, 2.45) is 0 Å². The van der Waals surface area contributed by atoms with Gasteiger partial charge in [-0.25, -0.2) is 0 Å². The second kappa shape index (κ2) is 3.78. The van der Waals surface area contributed by atoms with Crippen molar-refractivity contribution in [2.75, 3.05) is 12.8 Å². The second-order valence-electron chi connectivity index (χ2n) is 3.62. The second-order valence-corrected chi connectivity index (χ2v) is 4.71. The Morgan fingerprint density at radius 1 is 1.35 bits per heavy atom. The minimum absolute atomic E-state index is 0.559. The molecule has 2 N–H and O–H groups in total. The molecule has 5 heteroatoms. The lowest BCUT2D eigenvalue weighted by atomic mass is 10.2. The van der Waals surface area contributed by atoms with Gasteiger partial charge < -0.3 is 15.0 Å². The molecule has 86 valence electrons. The maximum absolute atomic E-state index is 5.78. The van der Waals surface area contributed by atoms with Gasteiger partial charge in [0.1, 0.15) is 11.4 Å². The van der Waals surface area contributed by atoms with Gasteiger partial charge >= 0.3 is 0 Å². The number of anilines is 1. The minimum atomic E-state index is 0.559. The molecule has 0 aliphatic carbocycles. The number of rotatable bonds is 2. The zero-order chi connectivity index (χ0) is 11.8. The molecule has 0 radical (unpaired) electrons. The molecule has 0 aliphatic rings. The van der Waals surface area contributed by atoms with Crippen LogP contribution in [0, 0.1) is 0 Å². The summed E-state index contributed by atoms with van der Waals surface area (Å²) in [6.07, 6.45) is 1.51. The first kappa shape index (κ1) is 10.2. The Hall–Kier alpha value is -2.01. The molecular formula is C12H10N2O2S. The number of hydrogen-bond donors (Lipinski definition) is 1. The largest absolute Gasteiger partial charge is 0.497 e. The molecule has 0 aliphatic heterocycles. The lowest BCUT2D eigenvalue weighted by Crippen LogP contribution is -1.81. The molecule has 0 bridgehead atoms. The zero-order valence-corrected chi connectivity index (χ0v) is 9.95. The fourth-order valence-corrected chi connectivity index (χ4v) is 2.74. The summed E-state index contributed by atoms with van der Waals surface area (Å²) in [5.74, 6) is 1.47. The summed E-state index contributed by atoms with van der Waals surface area (Å²) < 4.78 is 11.5. The van der Waals surface area contributed by atoms with Crippen LogP contribution in [-0.4, -0.2) is 12.3 Å². The van der Waals surface area contributed by atoms with Crippen LogP contribution >= 0.6 is 11.3 Å². The standard InChI is InChI=1S/C12H10N2O2S/c1-15-8-2-3-10-7(4-8)5-11(17-10)12-9(13)6-14-16-12/h2-6H,13H2,1H3. The van der Waals surface area contributed by atoms with Crippen LogP contribution < -0.4 is 10.5 Å². The van der Waals surface area contributed by atoms with Crippen molar-refractivity contribution in [1.29, 1.82) is 0 Å². The van der Waals surface area contributed by atoms with E-state index in [9.17, 15) is 0 Å². The molecule has 4 nitrogen and oxygen atoms in total. The first-order valence-electron chi connectivity index (χ1n) is 5.06. The summed E-state index contributed by atoms with van der Waals surface area (Å²) in [5, 5.41) is 4.80. The van der Waals surface area contributed by atoms with Gasteiger partial charge in [0, 0.05) is 4.70 Å². The summed E-state index contributed by atoms with van der Waals surface area (Å²) in [6, 6.07) is 7.97. The SMILES string of the molecule is COc1ccc2sc(-c3oncc3N)cc2c1. The van der Waals surface area contributed by atoms with E-state index in [1.807, 2.05) is 24.3 Å². The maximum atomic E-state index is 5.78. The van der Waals surface area contributed by atoms with Crippen LogP contribution in [0.1, 0.15) is 0 Å². The van der Waals surface area contributed by atoms with Gasteiger partial charge in [0.25, 0.3) is 0 Å². The Labute approximate surface area is 102 Å². The molecule has 0 saturated heterocycles.